The van der Waals surface area contributed by atoms with Crippen LogP contribution in [0.1, 0.15) is 5.56 Å². The Morgan fingerprint density at radius 2 is 2.12 bits per heavy atom. The molecule has 1 aromatic rings. The Bertz CT molecular complexity index is 523. The van der Waals surface area contributed by atoms with Gasteiger partial charge in [-0.15, -0.1) is 11.6 Å². The molecule has 0 aliphatic rings. The number of hydrogen-bond donors (Lipinski definition) is 1. The average molecular weight is 279 g/mol. The smallest absolute Gasteiger partial charge is 0.210 e. The first-order valence-electron chi connectivity index (χ1n) is 4.26. The number of benzene rings is 1. The highest BCUT2D eigenvalue weighted by Crippen LogP contribution is 2.19. The minimum absolute atomic E-state index is 0.0154. The number of nitriles is 1. The molecule has 0 bridgehead atoms. The van der Waals surface area contributed by atoms with Gasteiger partial charge in [0.15, 0.2) is 0 Å². The molecule has 0 heterocycles. The molecule has 1 aromatic carbocycles. The fourth-order valence-electron chi connectivity index (χ4n) is 1.01. The van der Waals surface area contributed by atoms with Crippen LogP contribution in [0.25, 0.3) is 0 Å². The first-order valence-corrected chi connectivity index (χ1v) is 6.66. The maximum absolute atomic E-state index is 11.6. The van der Waals surface area contributed by atoms with Crippen molar-refractivity contribution < 1.29 is 8.42 Å². The SMILES string of the molecule is N#Cc1ccc(S(=O)(=O)NCCCl)cc1Cl. The average Bonchev–Trinajstić information content (AvgIpc) is 2.26. The highest BCUT2D eigenvalue weighted by molar-refractivity contribution is 7.89. The summed E-state index contributed by atoms with van der Waals surface area (Å²) in [5, 5.41) is 8.74. The van der Waals surface area contributed by atoms with E-state index < -0.39 is 10.0 Å². The van der Waals surface area contributed by atoms with Crippen LogP contribution in [0, 0.1) is 11.3 Å². The van der Waals surface area contributed by atoms with Gasteiger partial charge in [-0.1, -0.05) is 11.6 Å². The number of sulfonamides is 1. The molecule has 0 saturated heterocycles. The standard InChI is InChI=1S/C9H8Cl2N2O2S/c10-3-4-13-16(14,15)8-2-1-7(6-12)9(11)5-8/h1-2,5,13H,3-4H2. The van der Waals surface area contributed by atoms with E-state index >= 15 is 0 Å². The molecule has 1 N–H and O–H groups in total. The van der Waals surface area contributed by atoms with E-state index in [4.69, 9.17) is 28.5 Å². The first kappa shape index (κ1) is 13.3. The summed E-state index contributed by atoms with van der Waals surface area (Å²) < 4.78 is 25.6. The predicted octanol–water partition coefficient (Wildman–Crippen LogP) is 1.73. The van der Waals surface area contributed by atoms with Gasteiger partial charge in [-0.3, -0.25) is 0 Å². The normalized spacial score (nSPS) is 11.1. The number of alkyl halides is 1. The number of nitrogens with zero attached hydrogens (tertiary/aromatic N) is 1. The van der Waals surface area contributed by atoms with E-state index in [1.807, 2.05) is 6.07 Å². The second kappa shape index (κ2) is 5.51. The van der Waals surface area contributed by atoms with Crippen molar-refractivity contribution in [3.05, 3.63) is 28.8 Å². The van der Waals surface area contributed by atoms with Gasteiger partial charge < -0.3 is 0 Å². The fraction of sp³-hybridized carbons (Fsp3) is 0.222. The van der Waals surface area contributed by atoms with Crippen LogP contribution in [0.5, 0.6) is 0 Å². The van der Waals surface area contributed by atoms with Gasteiger partial charge in [-0.05, 0) is 18.2 Å². The van der Waals surface area contributed by atoms with Crippen LogP contribution in [-0.4, -0.2) is 20.8 Å². The van der Waals surface area contributed by atoms with Crippen molar-refractivity contribution in [1.29, 1.82) is 5.26 Å². The van der Waals surface area contributed by atoms with Crippen molar-refractivity contribution in [3.8, 4) is 6.07 Å². The quantitative estimate of drug-likeness (QED) is 0.853. The molecule has 0 unspecified atom stereocenters. The van der Waals surface area contributed by atoms with Crippen LogP contribution >= 0.6 is 23.2 Å². The summed E-state index contributed by atoms with van der Waals surface area (Å²) in [7, 11) is -3.60. The zero-order valence-electron chi connectivity index (χ0n) is 8.07. The molecule has 0 aromatic heterocycles. The topological polar surface area (TPSA) is 70.0 Å². The van der Waals surface area contributed by atoms with Crippen molar-refractivity contribution in [2.45, 2.75) is 4.90 Å². The molecule has 0 atom stereocenters. The molecule has 0 aliphatic carbocycles. The van der Waals surface area contributed by atoms with E-state index in [0.717, 1.165) is 0 Å². The third-order valence-corrected chi connectivity index (χ3v) is 3.72. The summed E-state index contributed by atoms with van der Waals surface area (Å²) in [6.07, 6.45) is 0. The van der Waals surface area contributed by atoms with Crippen molar-refractivity contribution in [3.63, 3.8) is 0 Å². The van der Waals surface area contributed by atoms with Gasteiger partial charge in [0.1, 0.15) is 6.07 Å². The molecule has 0 saturated carbocycles. The Hall–Kier alpha value is -0.800. The van der Waals surface area contributed by atoms with Gasteiger partial charge in [-0.25, -0.2) is 13.1 Å². The van der Waals surface area contributed by atoms with Crippen LogP contribution < -0.4 is 4.72 Å². The second-order valence-corrected chi connectivity index (χ2v) is 5.39. The van der Waals surface area contributed by atoms with Crippen LogP contribution in [0.4, 0.5) is 0 Å². The van der Waals surface area contributed by atoms with E-state index in [1.165, 1.54) is 18.2 Å². The molecular formula is C9H8Cl2N2O2S. The zero-order chi connectivity index (χ0) is 12.2. The lowest BCUT2D eigenvalue weighted by Crippen LogP contribution is -2.25. The maximum atomic E-state index is 11.6. The Morgan fingerprint density at radius 3 is 2.62 bits per heavy atom. The summed E-state index contributed by atoms with van der Waals surface area (Å²) in [6.45, 7) is 0.140. The summed E-state index contributed by atoms with van der Waals surface area (Å²) >= 11 is 11.1. The molecule has 1 rings (SSSR count). The molecule has 0 amide bonds. The predicted molar refractivity (Wildman–Crippen MR) is 62.1 cm³/mol. The molecule has 0 fully saturated rings. The monoisotopic (exact) mass is 278 g/mol. The Balaban J connectivity index is 3.07. The largest absolute Gasteiger partial charge is 0.240 e. The molecule has 0 spiro atoms. The van der Waals surface area contributed by atoms with Gasteiger partial charge in [0.05, 0.1) is 15.5 Å². The highest BCUT2D eigenvalue weighted by Gasteiger charge is 2.14. The number of rotatable bonds is 4. The van der Waals surface area contributed by atoms with E-state index in [9.17, 15) is 8.42 Å². The molecule has 7 heteroatoms. The summed E-state index contributed by atoms with van der Waals surface area (Å²) in [5.41, 5.74) is 0.234. The van der Waals surface area contributed by atoms with Crippen molar-refractivity contribution >= 4 is 33.2 Å². The zero-order valence-corrected chi connectivity index (χ0v) is 10.4. The third kappa shape index (κ3) is 3.09. The van der Waals surface area contributed by atoms with Gasteiger partial charge in [0.2, 0.25) is 10.0 Å². The van der Waals surface area contributed by atoms with Crippen LogP contribution in [-0.2, 0) is 10.0 Å². The summed E-state index contributed by atoms with van der Waals surface area (Å²) in [4.78, 5) is 0.0154. The molecule has 0 radical (unpaired) electrons. The Labute approximate surface area is 104 Å². The number of nitrogens with one attached hydrogen (secondary N) is 1. The van der Waals surface area contributed by atoms with E-state index in [0.29, 0.717) is 0 Å². The van der Waals surface area contributed by atoms with Crippen LogP contribution in [0.15, 0.2) is 23.1 Å². The molecular weight excluding hydrogens is 271 g/mol. The van der Waals surface area contributed by atoms with Crippen molar-refractivity contribution in [1.82, 2.24) is 4.72 Å². The van der Waals surface area contributed by atoms with Gasteiger partial charge in [-0.2, -0.15) is 5.26 Å². The highest BCUT2D eigenvalue weighted by atomic mass is 35.5. The maximum Gasteiger partial charge on any atom is 0.240 e. The lowest BCUT2D eigenvalue weighted by atomic mass is 10.2. The number of hydrogen-bond acceptors (Lipinski definition) is 3. The minimum atomic E-state index is -3.60. The van der Waals surface area contributed by atoms with Gasteiger partial charge in [0, 0.05) is 12.4 Å². The Morgan fingerprint density at radius 1 is 1.44 bits per heavy atom. The van der Waals surface area contributed by atoms with E-state index in [2.05, 4.69) is 4.72 Å². The summed E-state index contributed by atoms with van der Waals surface area (Å²) in [6, 6.07) is 5.76. The van der Waals surface area contributed by atoms with E-state index in [1.54, 1.807) is 0 Å². The fourth-order valence-corrected chi connectivity index (χ4v) is 2.56. The van der Waals surface area contributed by atoms with E-state index in [-0.39, 0.29) is 27.9 Å². The molecule has 4 nitrogen and oxygen atoms in total. The van der Waals surface area contributed by atoms with Gasteiger partial charge >= 0.3 is 0 Å². The molecule has 0 aliphatic heterocycles. The Kier molecular flexibility index (Phi) is 4.56. The lowest BCUT2D eigenvalue weighted by molar-refractivity contribution is 0.584. The van der Waals surface area contributed by atoms with Crippen molar-refractivity contribution in [2.75, 3.05) is 12.4 Å². The van der Waals surface area contributed by atoms with Crippen LogP contribution in [0.3, 0.4) is 0 Å². The van der Waals surface area contributed by atoms with Crippen molar-refractivity contribution in [2.24, 2.45) is 0 Å². The molecule has 16 heavy (non-hydrogen) atoms. The second-order valence-electron chi connectivity index (χ2n) is 2.84. The first-order chi connectivity index (χ1) is 7.51. The minimum Gasteiger partial charge on any atom is -0.210 e. The van der Waals surface area contributed by atoms with Gasteiger partial charge in [0.25, 0.3) is 0 Å². The third-order valence-electron chi connectivity index (χ3n) is 1.76. The number of halogens is 2. The molecule has 86 valence electrons. The lowest BCUT2D eigenvalue weighted by Gasteiger charge is -2.05. The van der Waals surface area contributed by atoms with Crippen LogP contribution in [0.2, 0.25) is 5.02 Å². The summed E-state index contributed by atoms with van der Waals surface area (Å²) in [5.74, 6) is 0.184.